The predicted octanol–water partition coefficient (Wildman–Crippen LogP) is 2.41. The first-order valence-electron chi connectivity index (χ1n) is 6.22. The van der Waals surface area contributed by atoms with Crippen LogP contribution in [0.4, 0.5) is 0 Å². The number of methoxy groups -OCH3 is 1. The van der Waals surface area contributed by atoms with Crippen molar-refractivity contribution in [1.82, 2.24) is 10.3 Å². The molecule has 1 aliphatic heterocycles. The maximum Gasteiger partial charge on any atom is 0.268 e. The lowest BCUT2D eigenvalue weighted by molar-refractivity contribution is 0.0935. The fourth-order valence-corrected chi connectivity index (χ4v) is 2.68. The number of carbonyl (C=O) groups excluding carboxylic acids is 1. The maximum absolute atomic E-state index is 11.9. The Morgan fingerprint density at radius 3 is 3.00 bits per heavy atom. The van der Waals surface area contributed by atoms with E-state index in [9.17, 15) is 4.79 Å². The number of fused-ring (bicyclic) bond motifs is 3. The molecule has 0 fully saturated rings. The minimum atomic E-state index is -0.00938. The molecule has 4 heteroatoms. The number of ether oxygens (including phenoxy) is 1. The van der Waals surface area contributed by atoms with E-state index in [0.717, 1.165) is 28.6 Å². The molecule has 2 aromatic rings. The Balaban J connectivity index is 2.28. The molecule has 3 rings (SSSR count). The first-order chi connectivity index (χ1) is 8.74. The Morgan fingerprint density at radius 1 is 1.44 bits per heavy atom. The van der Waals surface area contributed by atoms with Crippen LogP contribution in [0.2, 0.25) is 0 Å². The normalized spacial score (nSPS) is 18.6. The molecule has 1 aromatic carbocycles. The van der Waals surface area contributed by atoms with E-state index in [1.807, 2.05) is 18.2 Å². The number of benzene rings is 1. The standard InChI is InChI=1S/C14H16N2O2/c1-3-8-7-15-14(17)13-12(8)10-6-9(18-2)4-5-11(10)16-13/h4-6,8,16H,3,7H2,1-2H3,(H,15,17). The molecule has 0 radical (unpaired) electrons. The van der Waals surface area contributed by atoms with Gasteiger partial charge in [-0.15, -0.1) is 0 Å². The summed E-state index contributed by atoms with van der Waals surface area (Å²) in [5, 5.41) is 4.03. The second-order valence-electron chi connectivity index (χ2n) is 4.64. The van der Waals surface area contributed by atoms with E-state index in [1.54, 1.807) is 7.11 Å². The lowest BCUT2D eigenvalue weighted by Gasteiger charge is -2.22. The summed E-state index contributed by atoms with van der Waals surface area (Å²) >= 11 is 0. The van der Waals surface area contributed by atoms with Crippen LogP contribution in [0.15, 0.2) is 18.2 Å². The molecular formula is C14H16N2O2. The first kappa shape index (κ1) is 11.1. The van der Waals surface area contributed by atoms with Crippen molar-refractivity contribution in [2.45, 2.75) is 19.3 Å². The van der Waals surface area contributed by atoms with E-state index in [0.29, 0.717) is 18.2 Å². The van der Waals surface area contributed by atoms with Crippen molar-refractivity contribution in [2.24, 2.45) is 0 Å². The molecule has 0 aliphatic carbocycles. The molecule has 4 nitrogen and oxygen atoms in total. The van der Waals surface area contributed by atoms with E-state index in [-0.39, 0.29) is 5.91 Å². The Labute approximate surface area is 105 Å². The Kier molecular flexibility index (Phi) is 2.51. The number of hydrogen-bond acceptors (Lipinski definition) is 2. The zero-order valence-electron chi connectivity index (χ0n) is 10.5. The Morgan fingerprint density at radius 2 is 2.28 bits per heavy atom. The number of rotatable bonds is 2. The highest BCUT2D eigenvalue weighted by atomic mass is 16.5. The molecular weight excluding hydrogens is 228 g/mol. The fraction of sp³-hybridized carbons (Fsp3) is 0.357. The van der Waals surface area contributed by atoms with E-state index in [4.69, 9.17) is 4.74 Å². The Bertz CT molecular complexity index is 616. The average Bonchev–Trinajstić information content (AvgIpc) is 2.79. The van der Waals surface area contributed by atoms with E-state index < -0.39 is 0 Å². The summed E-state index contributed by atoms with van der Waals surface area (Å²) in [7, 11) is 1.66. The van der Waals surface area contributed by atoms with Crippen molar-refractivity contribution in [3.63, 3.8) is 0 Å². The van der Waals surface area contributed by atoms with Gasteiger partial charge in [0.15, 0.2) is 0 Å². The number of hydrogen-bond donors (Lipinski definition) is 2. The highest BCUT2D eigenvalue weighted by Crippen LogP contribution is 2.35. The van der Waals surface area contributed by atoms with Crippen LogP contribution in [-0.4, -0.2) is 24.5 Å². The lowest BCUT2D eigenvalue weighted by Crippen LogP contribution is -2.34. The first-order valence-corrected chi connectivity index (χ1v) is 6.22. The number of aromatic amines is 1. The molecule has 2 heterocycles. The third kappa shape index (κ3) is 1.49. The second kappa shape index (κ2) is 4.05. The van der Waals surface area contributed by atoms with Gasteiger partial charge >= 0.3 is 0 Å². The molecule has 0 saturated heterocycles. The van der Waals surface area contributed by atoms with Crippen molar-refractivity contribution < 1.29 is 9.53 Å². The minimum Gasteiger partial charge on any atom is -0.497 e. The monoisotopic (exact) mass is 244 g/mol. The van der Waals surface area contributed by atoms with Gasteiger partial charge in [-0.2, -0.15) is 0 Å². The van der Waals surface area contributed by atoms with Crippen molar-refractivity contribution in [3.05, 3.63) is 29.5 Å². The second-order valence-corrected chi connectivity index (χ2v) is 4.64. The SMILES string of the molecule is CCC1CNC(=O)c2[nH]c3ccc(OC)cc3c21. The molecule has 1 amide bonds. The zero-order chi connectivity index (χ0) is 12.7. The highest BCUT2D eigenvalue weighted by Gasteiger charge is 2.28. The molecule has 1 unspecified atom stereocenters. The smallest absolute Gasteiger partial charge is 0.268 e. The predicted molar refractivity (Wildman–Crippen MR) is 70.2 cm³/mol. The number of H-pyrrole nitrogens is 1. The van der Waals surface area contributed by atoms with Crippen LogP contribution in [-0.2, 0) is 0 Å². The molecule has 1 aromatic heterocycles. The van der Waals surface area contributed by atoms with Gasteiger partial charge in [0.2, 0.25) is 0 Å². The van der Waals surface area contributed by atoms with Crippen LogP contribution < -0.4 is 10.1 Å². The minimum absolute atomic E-state index is 0.00938. The largest absolute Gasteiger partial charge is 0.497 e. The van der Waals surface area contributed by atoms with Crippen LogP contribution >= 0.6 is 0 Å². The van der Waals surface area contributed by atoms with E-state index in [2.05, 4.69) is 17.2 Å². The molecule has 0 bridgehead atoms. The Hall–Kier alpha value is -1.97. The molecule has 1 atom stereocenters. The van der Waals surface area contributed by atoms with Gasteiger partial charge in [-0.05, 0) is 30.2 Å². The van der Waals surface area contributed by atoms with Crippen LogP contribution in [0.25, 0.3) is 10.9 Å². The van der Waals surface area contributed by atoms with Crippen molar-refractivity contribution in [1.29, 1.82) is 0 Å². The topological polar surface area (TPSA) is 54.1 Å². The highest BCUT2D eigenvalue weighted by molar-refractivity contribution is 6.03. The van der Waals surface area contributed by atoms with Gasteiger partial charge in [0, 0.05) is 23.4 Å². The van der Waals surface area contributed by atoms with Gasteiger partial charge < -0.3 is 15.0 Å². The summed E-state index contributed by atoms with van der Waals surface area (Å²) in [6, 6.07) is 5.88. The van der Waals surface area contributed by atoms with Crippen LogP contribution in [0, 0.1) is 0 Å². The lowest BCUT2D eigenvalue weighted by atomic mass is 9.90. The maximum atomic E-state index is 11.9. The molecule has 18 heavy (non-hydrogen) atoms. The third-order valence-corrected chi connectivity index (χ3v) is 3.68. The molecule has 2 N–H and O–H groups in total. The third-order valence-electron chi connectivity index (χ3n) is 3.68. The van der Waals surface area contributed by atoms with Crippen molar-refractivity contribution in [2.75, 3.05) is 13.7 Å². The van der Waals surface area contributed by atoms with Crippen molar-refractivity contribution in [3.8, 4) is 5.75 Å². The van der Waals surface area contributed by atoms with Gasteiger partial charge in [-0.1, -0.05) is 6.92 Å². The molecule has 0 saturated carbocycles. The number of nitrogens with one attached hydrogen (secondary N) is 2. The summed E-state index contributed by atoms with van der Waals surface area (Å²) in [5.74, 6) is 1.19. The summed E-state index contributed by atoms with van der Waals surface area (Å²) < 4.78 is 5.26. The van der Waals surface area contributed by atoms with Gasteiger partial charge in [-0.25, -0.2) is 0 Å². The summed E-state index contributed by atoms with van der Waals surface area (Å²) in [6.45, 7) is 2.86. The summed E-state index contributed by atoms with van der Waals surface area (Å²) in [4.78, 5) is 15.1. The van der Waals surface area contributed by atoms with Gasteiger partial charge in [0.1, 0.15) is 11.4 Å². The van der Waals surface area contributed by atoms with E-state index >= 15 is 0 Å². The quantitative estimate of drug-likeness (QED) is 0.852. The summed E-state index contributed by atoms with van der Waals surface area (Å²) in [5.41, 5.74) is 2.84. The number of aromatic nitrogens is 1. The zero-order valence-corrected chi connectivity index (χ0v) is 10.5. The van der Waals surface area contributed by atoms with Crippen LogP contribution in [0.5, 0.6) is 5.75 Å². The number of carbonyl (C=O) groups is 1. The molecule has 1 aliphatic rings. The van der Waals surface area contributed by atoms with E-state index in [1.165, 1.54) is 0 Å². The van der Waals surface area contributed by atoms with Crippen LogP contribution in [0.1, 0.15) is 35.3 Å². The van der Waals surface area contributed by atoms with Gasteiger partial charge in [-0.3, -0.25) is 4.79 Å². The van der Waals surface area contributed by atoms with Crippen molar-refractivity contribution >= 4 is 16.8 Å². The van der Waals surface area contributed by atoms with Gasteiger partial charge in [0.05, 0.1) is 7.11 Å². The molecule has 0 spiro atoms. The fourth-order valence-electron chi connectivity index (χ4n) is 2.68. The average molecular weight is 244 g/mol. The molecule has 94 valence electrons. The van der Waals surface area contributed by atoms with Crippen LogP contribution in [0.3, 0.4) is 0 Å². The summed E-state index contributed by atoms with van der Waals surface area (Å²) in [6.07, 6.45) is 1.01. The van der Waals surface area contributed by atoms with Gasteiger partial charge in [0.25, 0.3) is 5.91 Å². The number of amides is 1.